The van der Waals surface area contributed by atoms with Crippen molar-refractivity contribution in [2.75, 3.05) is 26.3 Å². The summed E-state index contributed by atoms with van der Waals surface area (Å²) in [6.07, 6.45) is 6.77. The van der Waals surface area contributed by atoms with E-state index in [1.165, 1.54) is 25.7 Å². The Hall–Kier alpha value is -0.150. The highest BCUT2D eigenvalue weighted by Gasteiger charge is 2.37. The fraction of sp³-hybridized carbons (Fsp3) is 1.00. The molecule has 0 amide bonds. The monoisotopic (exact) mass is 216 g/mol. The lowest BCUT2D eigenvalue weighted by Gasteiger charge is -2.40. The van der Waals surface area contributed by atoms with E-state index >= 15 is 0 Å². The van der Waals surface area contributed by atoms with Gasteiger partial charge in [-0.1, -0.05) is 19.8 Å². The zero-order valence-corrected chi connectivity index (χ0v) is 9.97. The molecule has 0 atom stereocenters. The molecule has 0 unspecified atom stereocenters. The van der Waals surface area contributed by atoms with Crippen LogP contribution in [0.3, 0.4) is 0 Å². The molecule has 1 aliphatic rings. The average molecular weight is 216 g/mol. The Morgan fingerprint density at radius 1 is 1.27 bits per heavy atom. The minimum absolute atomic E-state index is 0.200. The van der Waals surface area contributed by atoms with Gasteiger partial charge in [0.1, 0.15) is 0 Å². The summed E-state index contributed by atoms with van der Waals surface area (Å²) in [7, 11) is 0. The molecule has 0 aliphatic heterocycles. The van der Waals surface area contributed by atoms with Crippen LogP contribution >= 0.6 is 0 Å². The molecule has 3 heteroatoms. The zero-order valence-electron chi connectivity index (χ0n) is 9.97. The first-order valence-corrected chi connectivity index (χ1v) is 6.30. The number of halogens is 1. The normalized spacial score (nSPS) is 20.0. The third-order valence-corrected chi connectivity index (χ3v) is 3.64. The summed E-state index contributed by atoms with van der Waals surface area (Å²) in [4.78, 5) is 2.44. The van der Waals surface area contributed by atoms with Crippen LogP contribution in [0.2, 0.25) is 0 Å². The van der Waals surface area contributed by atoms with Crippen LogP contribution in [0.4, 0.5) is 4.39 Å². The Balaban J connectivity index is 2.57. The van der Waals surface area contributed by atoms with Gasteiger partial charge >= 0.3 is 0 Å². The zero-order chi connectivity index (χ0) is 11.1. The van der Waals surface area contributed by atoms with Crippen molar-refractivity contribution in [2.24, 2.45) is 5.73 Å². The Morgan fingerprint density at radius 3 is 2.40 bits per heavy atom. The van der Waals surface area contributed by atoms with Crippen molar-refractivity contribution in [2.45, 2.75) is 51.0 Å². The second kappa shape index (κ2) is 6.44. The van der Waals surface area contributed by atoms with E-state index < -0.39 is 0 Å². The van der Waals surface area contributed by atoms with Gasteiger partial charge in [0.2, 0.25) is 0 Å². The van der Waals surface area contributed by atoms with E-state index in [-0.39, 0.29) is 12.2 Å². The Morgan fingerprint density at radius 2 is 1.93 bits per heavy atom. The minimum Gasteiger partial charge on any atom is -0.329 e. The summed E-state index contributed by atoms with van der Waals surface area (Å²) in [5.41, 5.74) is 6.14. The first-order chi connectivity index (χ1) is 7.29. The van der Waals surface area contributed by atoms with E-state index in [2.05, 4.69) is 11.8 Å². The highest BCUT2D eigenvalue weighted by atomic mass is 19.1. The minimum atomic E-state index is -0.207. The van der Waals surface area contributed by atoms with E-state index in [9.17, 15) is 4.39 Å². The van der Waals surface area contributed by atoms with Gasteiger partial charge in [0.25, 0.3) is 0 Å². The maximum Gasteiger partial charge on any atom is 0.0906 e. The van der Waals surface area contributed by atoms with Crippen molar-refractivity contribution in [1.29, 1.82) is 0 Å². The predicted molar refractivity (Wildman–Crippen MR) is 62.7 cm³/mol. The van der Waals surface area contributed by atoms with E-state index in [0.717, 1.165) is 26.1 Å². The molecule has 0 heterocycles. The van der Waals surface area contributed by atoms with E-state index in [0.29, 0.717) is 6.42 Å². The van der Waals surface area contributed by atoms with Crippen LogP contribution < -0.4 is 5.73 Å². The van der Waals surface area contributed by atoms with Crippen LogP contribution in [-0.2, 0) is 0 Å². The molecule has 1 saturated carbocycles. The van der Waals surface area contributed by atoms with Gasteiger partial charge in [-0.3, -0.25) is 9.29 Å². The number of hydrogen-bond acceptors (Lipinski definition) is 2. The summed E-state index contributed by atoms with van der Waals surface area (Å²) in [5, 5.41) is 0. The van der Waals surface area contributed by atoms with Gasteiger partial charge in [0.15, 0.2) is 0 Å². The standard InChI is InChI=1S/C12H25FN2/c1-2-9-15(10-5-8-13)12(11-14)6-3-4-7-12/h2-11,14H2,1H3. The van der Waals surface area contributed by atoms with Crippen molar-refractivity contribution in [3.63, 3.8) is 0 Å². The number of rotatable bonds is 7. The number of alkyl halides is 1. The largest absolute Gasteiger partial charge is 0.329 e. The number of nitrogens with zero attached hydrogens (tertiary/aromatic N) is 1. The molecule has 0 radical (unpaired) electrons. The molecular weight excluding hydrogens is 191 g/mol. The number of nitrogens with two attached hydrogens (primary N) is 1. The van der Waals surface area contributed by atoms with Gasteiger partial charge in [-0.15, -0.1) is 0 Å². The smallest absolute Gasteiger partial charge is 0.0906 e. The van der Waals surface area contributed by atoms with Crippen molar-refractivity contribution < 1.29 is 4.39 Å². The predicted octanol–water partition coefficient (Wildman–Crippen LogP) is 2.33. The molecule has 1 aliphatic carbocycles. The molecular formula is C12H25FN2. The highest BCUT2D eigenvalue weighted by molar-refractivity contribution is 4.95. The van der Waals surface area contributed by atoms with Crippen molar-refractivity contribution >= 4 is 0 Å². The van der Waals surface area contributed by atoms with Gasteiger partial charge in [0.05, 0.1) is 6.67 Å². The molecule has 0 spiro atoms. The van der Waals surface area contributed by atoms with Gasteiger partial charge < -0.3 is 5.73 Å². The summed E-state index contributed by atoms with van der Waals surface area (Å²) >= 11 is 0. The fourth-order valence-corrected chi connectivity index (χ4v) is 2.79. The lowest BCUT2D eigenvalue weighted by molar-refractivity contribution is 0.0947. The van der Waals surface area contributed by atoms with Gasteiger partial charge in [-0.05, 0) is 32.2 Å². The molecule has 90 valence electrons. The third kappa shape index (κ3) is 3.15. The van der Waals surface area contributed by atoms with Crippen LogP contribution in [0.25, 0.3) is 0 Å². The van der Waals surface area contributed by atoms with Gasteiger partial charge in [-0.2, -0.15) is 0 Å². The summed E-state index contributed by atoms with van der Waals surface area (Å²) in [6.45, 7) is 4.65. The topological polar surface area (TPSA) is 29.3 Å². The lowest BCUT2D eigenvalue weighted by atomic mass is 9.94. The Kier molecular flexibility index (Phi) is 5.54. The molecule has 0 aromatic rings. The molecule has 2 N–H and O–H groups in total. The maximum absolute atomic E-state index is 12.3. The quantitative estimate of drug-likeness (QED) is 0.707. The molecule has 15 heavy (non-hydrogen) atoms. The second-order valence-electron chi connectivity index (χ2n) is 4.67. The van der Waals surface area contributed by atoms with Gasteiger partial charge in [0, 0.05) is 18.6 Å². The Labute approximate surface area is 93.0 Å². The molecule has 0 saturated heterocycles. The second-order valence-corrected chi connectivity index (χ2v) is 4.67. The summed E-state index contributed by atoms with van der Waals surface area (Å²) in [6, 6.07) is 0. The first-order valence-electron chi connectivity index (χ1n) is 6.30. The fourth-order valence-electron chi connectivity index (χ4n) is 2.79. The Bertz CT molecular complexity index is 167. The molecule has 1 rings (SSSR count). The molecule has 1 fully saturated rings. The van der Waals surface area contributed by atoms with Crippen LogP contribution in [0.5, 0.6) is 0 Å². The van der Waals surface area contributed by atoms with E-state index in [1.54, 1.807) is 0 Å². The van der Waals surface area contributed by atoms with Crippen LogP contribution in [0.1, 0.15) is 45.4 Å². The van der Waals surface area contributed by atoms with Crippen molar-refractivity contribution in [3.05, 3.63) is 0 Å². The maximum atomic E-state index is 12.3. The lowest BCUT2D eigenvalue weighted by Crippen LogP contribution is -2.52. The van der Waals surface area contributed by atoms with Crippen molar-refractivity contribution in [3.8, 4) is 0 Å². The molecule has 0 aromatic carbocycles. The van der Waals surface area contributed by atoms with Crippen LogP contribution in [-0.4, -0.2) is 36.7 Å². The van der Waals surface area contributed by atoms with Crippen LogP contribution in [0, 0.1) is 0 Å². The van der Waals surface area contributed by atoms with Crippen molar-refractivity contribution in [1.82, 2.24) is 4.90 Å². The van der Waals surface area contributed by atoms with E-state index in [1.807, 2.05) is 0 Å². The summed E-state index contributed by atoms with van der Waals surface area (Å²) < 4.78 is 12.3. The molecule has 2 nitrogen and oxygen atoms in total. The van der Waals surface area contributed by atoms with Gasteiger partial charge in [-0.25, -0.2) is 0 Å². The summed E-state index contributed by atoms with van der Waals surface area (Å²) in [5.74, 6) is 0. The first kappa shape index (κ1) is 12.9. The van der Waals surface area contributed by atoms with E-state index in [4.69, 9.17) is 5.73 Å². The third-order valence-electron chi connectivity index (χ3n) is 3.64. The van der Waals surface area contributed by atoms with Crippen LogP contribution in [0.15, 0.2) is 0 Å². The SMILES string of the molecule is CCCN(CCCF)C1(CN)CCCC1. The highest BCUT2D eigenvalue weighted by Crippen LogP contribution is 2.34. The number of hydrogen-bond donors (Lipinski definition) is 1. The molecule has 0 aromatic heterocycles. The average Bonchev–Trinajstić information content (AvgIpc) is 2.74. The molecule has 0 bridgehead atoms.